The quantitative estimate of drug-likeness (QED) is 0.574. The van der Waals surface area contributed by atoms with Gasteiger partial charge < -0.3 is 14.5 Å². The monoisotopic (exact) mass is 445 g/mol. The van der Waals surface area contributed by atoms with Gasteiger partial charge in [-0.2, -0.15) is 0 Å². The third-order valence-corrected chi connectivity index (χ3v) is 6.19. The van der Waals surface area contributed by atoms with E-state index >= 15 is 0 Å². The second-order valence-electron chi connectivity index (χ2n) is 8.75. The van der Waals surface area contributed by atoms with E-state index in [1.54, 1.807) is 19.5 Å². The molecule has 0 saturated carbocycles. The lowest BCUT2D eigenvalue weighted by molar-refractivity contribution is -0.131. The lowest BCUT2D eigenvalue weighted by atomic mass is 9.92. The molecule has 172 valence electrons. The zero-order valence-electron chi connectivity index (χ0n) is 19.8. The number of nitrogens with zero attached hydrogens (tertiary/aromatic N) is 5. The fraction of sp³-hybridized carbons (Fsp3) is 0.385. The van der Waals surface area contributed by atoms with Crippen molar-refractivity contribution in [3.05, 3.63) is 65.6 Å². The van der Waals surface area contributed by atoms with Gasteiger partial charge in [-0.1, -0.05) is 12.1 Å². The van der Waals surface area contributed by atoms with E-state index in [1.807, 2.05) is 61.2 Å². The lowest BCUT2D eigenvalue weighted by Gasteiger charge is -2.32. The predicted octanol–water partition coefficient (Wildman–Crippen LogP) is 3.87. The fourth-order valence-corrected chi connectivity index (χ4v) is 4.28. The van der Waals surface area contributed by atoms with Gasteiger partial charge in [-0.3, -0.25) is 9.78 Å². The molecule has 0 atom stereocenters. The van der Waals surface area contributed by atoms with Gasteiger partial charge in [0.25, 0.3) is 0 Å². The number of rotatable bonds is 6. The number of hydrogen-bond donors (Lipinski definition) is 0. The molecule has 0 spiro atoms. The summed E-state index contributed by atoms with van der Waals surface area (Å²) < 4.78 is 5.32. The Morgan fingerprint density at radius 1 is 1.15 bits per heavy atom. The maximum Gasteiger partial charge on any atom is 0.226 e. The number of carbonyl (C=O) groups is 1. The molecule has 33 heavy (non-hydrogen) atoms. The van der Waals surface area contributed by atoms with Crippen LogP contribution in [0.1, 0.15) is 35.6 Å². The van der Waals surface area contributed by atoms with Crippen LogP contribution < -0.4 is 9.64 Å². The van der Waals surface area contributed by atoms with Gasteiger partial charge in [0.05, 0.1) is 13.5 Å². The number of ether oxygens (including phenoxy) is 1. The van der Waals surface area contributed by atoms with Gasteiger partial charge in [0.2, 0.25) is 5.91 Å². The first-order valence-corrected chi connectivity index (χ1v) is 11.3. The maximum atomic E-state index is 12.9. The molecule has 0 aliphatic carbocycles. The minimum absolute atomic E-state index is 0.172. The van der Waals surface area contributed by atoms with E-state index in [2.05, 4.69) is 11.1 Å². The third kappa shape index (κ3) is 5.30. The van der Waals surface area contributed by atoms with Crippen LogP contribution in [-0.2, 0) is 11.2 Å². The van der Waals surface area contributed by atoms with Crippen molar-refractivity contribution in [3.63, 3.8) is 0 Å². The van der Waals surface area contributed by atoms with Crippen molar-refractivity contribution < 1.29 is 9.53 Å². The summed E-state index contributed by atoms with van der Waals surface area (Å²) in [5, 5.41) is 0. The van der Waals surface area contributed by atoms with Crippen molar-refractivity contribution >= 4 is 11.7 Å². The summed E-state index contributed by atoms with van der Waals surface area (Å²) in [4.78, 5) is 30.7. The van der Waals surface area contributed by atoms with Crippen molar-refractivity contribution in [1.82, 2.24) is 19.9 Å². The summed E-state index contributed by atoms with van der Waals surface area (Å²) in [5.74, 6) is 2.89. The molecular weight excluding hydrogens is 414 g/mol. The van der Waals surface area contributed by atoms with Crippen LogP contribution in [0.4, 0.5) is 5.82 Å². The van der Waals surface area contributed by atoms with Crippen LogP contribution in [0.3, 0.4) is 0 Å². The summed E-state index contributed by atoms with van der Waals surface area (Å²) in [5.41, 5.74) is 4.01. The number of aryl methyl sites for hydroxylation is 1. The van der Waals surface area contributed by atoms with Gasteiger partial charge in [0.15, 0.2) is 5.82 Å². The molecular formula is C26H31N5O2. The molecule has 7 heteroatoms. The van der Waals surface area contributed by atoms with Gasteiger partial charge in [-0.05, 0) is 49.1 Å². The molecule has 2 aromatic heterocycles. The molecule has 0 N–H and O–H groups in total. The highest BCUT2D eigenvalue weighted by Gasteiger charge is 2.26. The Bertz CT molecular complexity index is 1110. The van der Waals surface area contributed by atoms with Crippen molar-refractivity contribution in [2.75, 3.05) is 39.2 Å². The normalized spacial score (nSPS) is 14.2. The van der Waals surface area contributed by atoms with Crippen LogP contribution in [-0.4, -0.2) is 60.1 Å². The number of hydrogen-bond acceptors (Lipinski definition) is 6. The van der Waals surface area contributed by atoms with E-state index in [9.17, 15) is 4.79 Å². The zero-order chi connectivity index (χ0) is 23.4. The largest absolute Gasteiger partial charge is 0.496 e. The average Bonchev–Trinajstić information content (AvgIpc) is 2.84. The highest BCUT2D eigenvalue weighted by molar-refractivity contribution is 5.79. The third-order valence-electron chi connectivity index (χ3n) is 6.19. The van der Waals surface area contributed by atoms with Crippen LogP contribution in [0.15, 0.2) is 48.8 Å². The van der Waals surface area contributed by atoms with Crippen LogP contribution >= 0.6 is 0 Å². The molecule has 0 radical (unpaired) electrons. The standard InChI is InChI=1S/C26H31N5O2/c1-18-14-19(7-8-23(18)33-4)15-25(32)31-12-9-20(10-13-31)22-16-24(30(2)3)29-26(28-22)21-6-5-11-27-17-21/h5-8,11,14,16-17,20H,9-10,12-13,15H2,1-4H3. The minimum atomic E-state index is 0.172. The number of benzene rings is 1. The Morgan fingerprint density at radius 2 is 1.94 bits per heavy atom. The highest BCUT2D eigenvalue weighted by atomic mass is 16.5. The zero-order valence-corrected chi connectivity index (χ0v) is 19.8. The predicted molar refractivity (Wildman–Crippen MR) is 130 cm³/mol. The number of carbonyl (C=O) groups excluding carboxylic acids is 1. The second kappa shape index (κ2) is 9.98. The SMILES string of the molecule is COc1ccc(CC(=O)N2CCC(c3cc(N(C)C)nc(-c4cccnc4)n3)CC2)cc1C. The average molecular weight is 446 g/mol. The van der Waals surface area contributed by atoms with E-state index in [0.29, 0.717) is 18.2 Å². The second-order valence-corrected chi connectivity index (χ2v) is 8.75. The number of pyridine rings is 1. The molecule has 0 unspecified atom stereocenters. The van der Waals surface area contributed by atoms with Gasteiger partial charge >= 0.3 is 0 Å². The molecule has 3 heterocycles. The first kappa shape index (κ1) is 22.7. The van der Waals surface area contributed by atoms with Gasteiger partial charge in [-0.25, -0.2) is 9.97 Å². The van der Waals surface area contributed by atoms with Gasteiger partial charge in [0, 0.05) is 62.8 Å². The molecule has 1 saturated heterocycles. The smallest absolute Gasteiger partial charge is 0.226 e. The van der Waals surface area contributed by atoms with Crippen LogP contribution in [0.25, 0.3) is 11.4 Å². The Labute approximate surface area is 195 Å². The minimum Gasteiger partial charge on any atom is -0.496 e. The lowest BCUT2D eigenvalue weighted by Crippen LogP contribution is -2.39. The molecule has 1 amide bonds. The van der Waals surface area contributed by atoms with Crippen LogP contribution in [0.5, 0.6) is 5.75 Å². The molecule has 1 fully saturated rings. The van der Waals surface area contributed by atoms with Crippen LogP contribution in [0.2, 0.25) is 0 Å². The van der Waals surface area contributed by atoms with E-state index in [1.165, 1.54) is 0 Å². The summed E-state index contributed by atoms with van der Waals surface area (Å²) in [6.45, 7) is 3.48. The van der Waals surface area contributed by atoms with Crippen molar-refractivity contribution in [3.8, 4) is 17.1 Å². The summed E-state index contributed by atoms with van der Waals surface area (Å²) in [7, 11) is 5.64. The Morgan fingerprint density at radius 3 is 2.58 bits per heavy atom. The molecule has 1 aromatic carbocycles. The number of likely N-dealkylation sites (tertiary alicyclic amines) is 1. The van der Waals surface area contributed by atoms with E-state index in [0.717, 1.165) is 59.9 Å². The molecule has 7 nitrogen and oxygen atoms in total. The Kier molecular flexibility index (Phi) is 6.87. The summed E-state index contributed by atoms with van der Waals surface area (Å²) in [6.07, 6.45) is 5.74. The van der Waals surface area contributed by atoms with Crippen molar-refractivity contribution in [2.24, 2.45) is 0 Å². The first-order chi connectivity index (χ1) is 15.9. The molecule has 4 rings (SSSR count). The van der Waals surface area contributed by atoms with Gasteiger partial charge in [-0.15, -0.1) is 0 Å². The fourth-order valence-electron chi connectivity index (χ4n) is 4.28. The van der Waals surface area contributed by atoms with Crippen molar-refractivity contribution in [1.29, 1.82) is 0 Å². The highest BCUT2D eigenvalue weighted by Crippen LogP contribution is 2.30. The summed E-state index contributed by atoms with van der Waals surface area (Å²) in [6, 6.07) is 11.9. The molecule has 3 aromatic rings. The van der Waals surface area contributed by atoms with E-state index in [-0.39, 0.29) is 5.91 Å². The topological polar surface area (TPSA) is 71.5 Å². The number of piperidine rings is 1. The number of anilines is 1. The maximum absolute atomic E-state index is 12.9. The number of amides is 1. The summed E-state index contributed by atoms with van der Waals surface area (Å²) >= 11 is 0. The molecule has 0 bridgehead atoms. The van der Waals surface area contributed by atoms with Gasteiger partial charge in [0.1, 0.15) is 11.6 Å². The van der Waals surface area contributed by atoms with Crippen LogP contribution in [0, 0.1) is 6.92 Å². The molecule has 1 aliphatic rings. The van der Waals surface area contributed by atoms with Crippen molar-refractivity contribution in [2.45, 2.75) is 32.1 Å². The number of aromatic nitrogens is 3. The van der Waals surface area contributed by atoms with E-state index < -0.39 is 0 Å². The Hall–Kier alpha value is -3.48. The first-order valence-electron chi connectivity index (χ1n) is 11.3. The molecule has 1 aliphatic heterocycles. The number of methoxy groups -OCH3 is 1. The van der Waals surface area contributed by atoms with E-state index in [4.69, 9.17) is 14.7 Å². The Balaban J connectivity index is 1.44.